The number of hydrogen-bond donors (Lipinski definition) is 0. The Morgan fingerprint density at radius 2 is 2.57 bits per heavy atom. The van der Waals surface area contributed by atoms with Crippen molar-refractivity contribution in [3.8, 4) is 0 Å². The van der Waals surface area contributed by atoms with Gasteiger partial charge in [-0.1, -0.05) is 0 Å². The molecule has 0 bridgehead atoms. The Morgan fingerprint density at radius 3 is 2.71 bits per heavy atom. The molecular weight excluding hydrogens is 98.0 g/mol. The number of rotatable bonds is 0. The normalized spacial score (nSPS) is 20.1. The number of nitrogens with zero attached hydrogens (tertiary/aromatic N) is 1. The van der Waals surface area contributed by atoms with Crippen molar-refractivity contribution in [3.05, 3.63) is 5.21 Å². The fraction of sp³-hybridized carbons (Fsp3) is 0.667. The number of hydroxylamine groups is 2. The highest BCUT2D eigenvalue weighted by atomic mass is 16.6. The molecule has 1 aliphatic rings. The first-order chi connectivity index (χ1) is 3.30. The Labute approximate surface area is 40.2 Å². The SMILES string of the molecule is O=C1OCCN1[O-]. The largest absolute Gasteiger partial charge is 0.754 e. The van der Waals surface area contributed by atoms with E-state index in [1.807, 2.05) is 0 Å². The third kappa shape index (κ3) is 0.640. The van der Waals surface area contributed by atoms with Gasteiger partial charge in [0.1, 0.15) is 6.61 Å². The van der Waals surface area contributed by atoms with Crippen molar-refractivity contribution >= 4 is 6.09 Å². The second-order valence-electron chi connectivity index (χ2n) is 1.22. The summed E-state index contributed by atoms with van der Waals surface area (Å²) in [5.41, 5.74) is 0. The Hall–Kier alpha value is -0.770. The molecule has 1 amide bonds. The van der Waals surface area contributed by atoms with E-state index in [2.05, 4.69) is 4.74 Å². The van der Waals surface area contributed by atoms with Crippen LogP contribution in [-0.2, 0) is 4.74 Å². The zero-order chi connectivity index (χ0) is 5.28. The van der Waals surface area contributed by atoms with Crippen LogP contribution in [0.3, 0.4) is 0 Å². The molecule has 1 fully saturated rings. The summed E-state index contributed by atoms with van der Waals surface area (Å²) >= 11 is 0. The zero-order valence-corrected chi connectivity index (χ0v) is 3.59. The van der Waals surface area contributed by atoms with E-state index in [0.717, 1.165) is 0 Å². The van der Waals surface area contributed by atoms with Gasteiger partial charge in [-0.2, -0.15) is 0 Å². The van der Waals surface area contributed by atoms with Crippen molar-refractivity contribution in [1.82, 2.24) is 5.06 Å². The lowest BCUT2D eigenvalue weighted by molar-refractivity contribution is 0.166. The molecular formula is C3H4NO3-. The number of carbonyl (C=O) groups is 1. The molecule has 7 heavy (non-hydrogen) atoms. The fourth-order valence-corrected chi connectivity index (χ4v) is 0.379. The van der Waals surface area contributed by atoms with Crippen LogP contribution in [0.2, 0.25) is 0 Å². The summed E-state index contributed by atoms with van der Waals surface area (Å²) in [6, 6.07) is 0. The van der Waals surface area contributed by atoms with Gasteiger partial charge in [0.2, 0.25) is 0 Å². The maximum Gasteiger partial charge on any atom is 0.399 e. The number of hydrogen-bond acceptors (Lipinski definition) is 3. The van der Waals surface area contributed by atoms with Crippen LogP contribution >= 0.6 is 0 Å². The third-order valence-corrected chi connectivity index (χ3v) is 0.724. The van der Waals surface area contributed by atoms with Crippen LogP contribution in [0.5, 0.6) is 0 Å². The summed E-state index contributed by atoms with van der Waals surface area (Å²) in [7, 11) is 0. The standard InChI is InChI=1S/C3H4NO3/c5-3-4(6)1-2-7-3/h1-2H2/q-1. The van der Waals surface area contributed by atoms with Crippen LogP contribution < -0.4 is 0 Å². The van der Waals surface area contributed by atoms with Crippen LogP contribution in [-0.4, -0.2) is 24.3 Å². The molecule has 40 valence electrons. The molecule has 0 atom stereocenters. The van der Waals surface area contributed by atoms with E-state index in [9.17, 15) is 10.0 Å². The molecule has 0 aromatic rings. The van der Waals surface area contributed by atoms with E-state index in [4.69, 9.17) is 0 Å². The van der Waals surface area contributed by atoms with Gasteiger partial charge in [-0.15, -0.1) is 0 Å². The Balaban J connectivity index is 2.48. The van der Waals surface area contributed by atoms with Crippen molar-refractivity contribution in [2.75, 3.05) is 13.2 Å². The van der Waals surface area contributed by atoms with Crippen molar-refractivity contribution in [2.24, 2.45) is 0 Å². The maximum atomic E-state index is 10.0. The van der Waals surface area contributed by atoms with Gasteiger partial charge < -0.3 is 15.0 Å². The van der Waals surface area contributed by atoms with E-state index in [-0.39, 0.29) is 13.2 Å². The highest BCUT2D eigenvalue weighted by molar-refractivity contribution is 5.69. The average molecular weight is 102 g/mol. The molecule has 0 aromatic heterocycles. The Kier molecular flexibility index (Phi) is 0.867. The molecule has 4 nitrogen and oxygen atoms in total. The first-order valence-electron chi connectivity index (χ1n) is 1.92. The maximum absolute atomic E-state index is 10.0. The lowest BCUT2D eigenvalue weighted by atomic mass is 10.7. The summed E-state index contributed by atoms with van der Waals surface area (Å²) in [6.07, 6.45) is -0.764. The predicted octanol–water partition coefficient (Wildman–Crippen LogP) is -0.0636. The van der Waals surface area contributed by atoms with Gasteiger partial charge in [-0.05, 0) is 0 Å². The van der Waals surface area contributed by atoms with Crippen LogP contribution in [0.25, 0.3) is 0 Å². The van der Waals surface area contributed by atoms with Gasteiger partial charge >= 0.3 is 6.09 Å². The van der Waals surface area contributed by atoms with Gasteiger partial charge in [0, 0.05) is 6.54 Å². The van der Waals surface area contributed by atoms with E-state index in [1.54, 1.807) is 0 Å². The van der Waals surface area contributed by atoms with E-state index in [0.29, 0.717) is 5.06 Å². The number of amides is 1. The van der Waals surface area contributed by atoms with Crippen molar-refractivity contribution in [2.45, 2.75) is 0 Å². The predicted molar refractivity (Wildman–Crippen MR) is 21.4 cm³/mol. The van der Waals surface area contributed by atoms with E-state index in [1.165, 1.54) is 0 Å². The molecule has 0 saturated carbocycles. The third-order valence-electron chi connectivity index (χ3n) is 0.724. The summed E-state index contributed by atoms with van der Waals surface area (Å²) < 4.78 is 4.24. The van der Waals surface area contributed by atoms with Gasteiger partial charge in [0.25, 0.3) is 0 Å². The molecule has 1 saturated heterocycles. The van der Waals surface area contributed by atoms with E-state index >= 15 is 0 Å². The quantitative estimate of drug-likeness (QED) is 0.430. The van der Waals surface area contributed by atoms with Crippen LogP contribution in [0.15, 0.2) is 0 Å². The van der Waals surface area contributed by atoms with Crippen LogP contribution in [0.4, 0.5) is 4.79 Å². The lowest BCUT2D eigenvalue weighted by Crippen LogP contribution is -2.14. The molecule has 1 rings (SSSR count). The summed E-state index contributed by atoms with van der Waals surface area (Å²) in [5, 5.41) is 10.3. The molecule has 0 aromatic carbocycles. The smallest absolute Gasteiger partial charge is 0.399 e. The Bertz CT molecular complexity index is 92.2. The highest BCUT2D eigenvalue weighted by Gasteiger charge is 2.11. The molecule has 0 radical (unpaired) electrons. The number of ether oxygens (including phenoxy) is 1. The Morgan fingerprint density at radius 1 is 1.86 bits per heavy atom. The second kappa shape index (κ2) is 1.38. The molecule has 4 heteroatoms. The van der Waals surface area contributed by atoms with Crippen LogP contribution in [0.1, 0.15) is 0 Å². The minimum absolute atomic E-state index is 0.179. The molecule has 1 heterocycles. The molecule has 1 aliphatic heterocycles. The first-order valence-corrected chi connectivity index (χ1v) is 1.92. The van der Waals surface area contributed by atoms with Crippen LogP contribution in [0, 0.1) is 5.21 Å². The van der Waals surface area contributed by atoms with Gasteiger partial charge in [-0.25, -0.2) is 4.79 Å². The van der Waals surface area contributed by atoms with Crippen molar-refractivity contribution in [1.29, 1.82) is 0 Å². The number of carbonyl (C=O) groups excluding carboxylic acids is 1. The first kappa shape index (κ1) is 4.39. The minimum Gasteiger partial charge on any atom is -0.754 e. The van der Waals surface area contributed by atoms with Gasteiger partial charge in [-0.3, -0.25) is 0 Å². The fourth-order valence-electron chi connectivity index (χ4n) is 0.379. The molecule has 0 aliphatic carbocycles. The zero-order valence-electron chi connectivity index (χ0n) is 3.59. The van der Waals surface area contributed by atoms with Gasteiger partial charge in [0.15, 0.2) is 0 Å². The van der Waals surface area contributed by atoms with Crippen molar-refractivity contribution in [3.63, 3.8) is 0 Å². The average Bonchev–Trinajstić information content (AvgIpc) is 1.91. The van der Waals surface area contributed by atoms with Crippen molar-refractivity contribution < 1.29 is 9.53 Å². The van der Waals surface area contributed by atoms with E-state index < -0.39 is 6.09 Å². The molecule has 0 spiro atoms. The second-order valence-corrected chi connectivity index (χ2v) is 1.22. The highest BCUT2D eigenvalue weighted by Crippen LogP contribution is 1.97. The topological polar surface area (TPSA) is 52.6 Å². The van der Waals surface area contributed by atoms with Gasteiger partial charge in [0.05, 0.1) is 0 Å². The number of cyclic esters (lactones) is 1. The summed E-state index contributed by atoms with van der Waals surface area (Å²) in [5.74, 6) is 0. The monoisotopic (exact) mass is 102 g/mol. The minimum atomic E-state index is -0.764. The summed E-state index contributed by atoms with van der Waals surface area (Å²) in [6.45, 7) is 0.418. The summed E-state index contributed by atoms with van der Waals surface area (Å²) in [4.78, 5) is 9.97. The molecule has 0 unspecified atom stereocenters. The lowest BCUT2D eigenvalue weighted by Gasteiger charge is -2.15. The molecule has 0 N–H and O–H groups in total.